The second-order valence-electron chi connectivity index (χ2n) is 5.31. The number of aromatic amines is 2. The summed E-state index contributed by atoms with van der Waals surface area (Å²) in [5, 5.41) is 2.86. The molecular formula is C14H13F5N5+. The lowest BCUT2D eigenvalue weighted by Gasteiger charge is -2.18. The molecule has 0 radical (unpaired) electrons. The van der Waals surface area contributed by atoms with Crippen LogP contribution in [0.1, 0.15) is 12.8 Å². The van der Waals surface area contributed by atoms with E-state index in [4.69, 9.17) is 0 Å². The highest BCUT2D eigenvalue weighted by Gasteiger charge is 2.56. The van der Waals surface area contributed by atoms with E-state index in [0.717, 1.165) is 5.52 Å². The average Bonchev–Trinajstić information content (AvgIpc) is 3.14. The van der Waals surface area contributed by atoms with Gasteiger partial charge in [-0.3, -0.25) is 0 Å². The molecule has 0 fully saturated rings. The maximum absolute atomic E-state index is 12.9. The molecule has 0 saturated carbocycles. The molecule has 1 aromatic carbocycles. The highest BCUT2D eigenvalue weighted by molar-refractivity contribution is 5.89. The van der Waals surface area contributed by atoms with Crippen molar-refractivity contribution in [3.05, 3.63) is 30.9 Å². The Morgan fingerprint density at radius 3 is 2.62 bits per heavy atom. The van der Waals surface area contributed by atoms with Crippen molar-refractivity contribution >= 4 is 11.0 Å². The van der Waals surface area contributed by atoms with Crippen molar-refractivity contribution < 1.29 is 26.6 Å². The SMILES string of the molecule is FC(F)(F)C(F)(F)CCC[n+]1cnc(-c2cccc3[nH]cnc23)[nH]1. The minimum absolute atomic E-state index is 0.0325. The van der Waals surface area contributed by atoms with E-state index in [1.54, 1.807) is 12.1 Å². The first kappa shape index (κ1) is 16.3. The number of fused-ring (bicyclic) bond motifs is 1. The zero-order chi connectivity index (χ0) is 17.4. The molecule has 3 rings (SSSR count). The molecule has 0 saturated heterocycles. The minimum Gasteiger partial charge on any atom is -0.345 e. The molecule has 0 spiro atoms. The third-order valence-corrected chi connectivity index (χ3v) is 3.59. The molecule has 0 bridgehead atoms. The van der Waals surface area contributed by atoms with Crippen molar-refractivity contribution in [2.75, 3.05) is 0 Å². The van der Waals surface area contributed by atoms with Gasteiger partial charge in [0.25, 0.3) is 5.82 Å². The summed E-state index contributed by atoms with van der Waals surface area (Å²) in [6, 6.07) is 5.42. The normalized spacial score (nSPS) is 12.9. The predicted octanol–water partition coefficient (Wildman–Crippen LogP) is 3.22. The summed E-state index contributed by atoms with van der Waals surface area (Å²) < 4.78 is 63.5. The van der Waals surface area contributed by atoms with Crippen LogP contribution in [0.15, 0.2) is 30.9 Å². The number of rotatable bonds is 5. The van der Waals surface area contributed by atoms with Crippen LogP contribution in [-0.4, -0.2) is 32.1 Å². The lowest BCUT2D eigenvalue weighted by molar-refractivity contribution is -0.751. The van der Waals surface area contributed by atoms with Crippen LogP contribution in [-0.2, 0) is 6.54 Å². The quantitative estimate of drug-likeness (QED) is 0.550. The third kappa shape index (κ3) is 3.08. The van der Waals surface area contributed by atoms with Crippen molar-refractivity contribution in [2.24, 2.45) is 0 Å². The summed E-state index contributed by atoms with van der Waals surface area (Å²) in [6.45, 7) is -0.0325. The Kier molecular flexibility index (Phi) is 3.98. The van der Waals surface area contributed by atoms with E-state index in [1.165, 1.54) is 17.3 Å². The van der Waals surface area contributed by atoms with Gasteiger partial charge in [-0.1, -0.05) is 6.07 Å². The molecule has 0 aliphatic heterocycles. The van der Waals surface area contributed by atoms with Gasteiger partial charge in [0.15, 0.2) is 0 Å². The van der Waals surface area contributed by atoms with Crippen LogP contribution >= 0.6 is 0 Å². The Bertz CT molecular complexity index is 835. The van der Waals surface area contributed by atoms with E-state index in [1.807, 2.05) is 6.07 Å². The molecule has 0 unspecified atom stereocenters. The first-order chi connectivity index (χ1) is 11.3. The number of nitrogens with zero attached hydrogens (tertiary/aromatic N) is 3. The summed E-state index contributed by atoms with van der Waals surface area (Å²) in [5.74, 6) is -4.23. The molecule has 24 heavy (non-hydrogen) atoms. The Morgan fingerprint density at radius 2 is 1.88 bits per heavy atom. The zero-order valence-corrected chi connectivity index (χ0v) is 12.2. The minimum atomic E-state index is -5.52. The number of imidazole rings is 1. The Hall–Kier alpha value is -2.52. The van der Waals surface area contributed by atoms with Crippen LogP contribution in [0.5, 0.6) is 0 Å². The van der Waals surface area contributed by atoms with Crippen LogP contribution in [0.4, 0.5) is 22.0 Å². The Labute approximate surface area is 132 Å². The maximum atomic E-state index is 12.9. The molecule has 0 amide bonds. The van der Waals surface area contributed by atoms with Crippen molar-refractivity contribution in [1.82, 2.24) is 20.1 Å². The first-order valence-corrected chi connectivity index (χ1v) is 7.09. The van der Waals surface area contributed by atoms with E-state index < -0.39 is 18.5 Å². The number of aromatic nitrogens is 5. The van der Waals surface area contributed by atoms with Crippen molar-refractivity contribution in [3.8, 4) is 11.4 Å². The van der Waals surface area contributed by atoms with E-state index in [0.29, 0.717) is 16.9 Å². The van der Waals surface area contributed by atoms with Crippen molar-refractivity contribution in [2.45, 2.75) is 31.5 Å². The molecule has 2 aromatic heterocycles. The third-order valence-electron chi connectivity index (χ3n) is 3.59. The van der Waals surface area contributed by atoms with Crippen LogP contribution in [0.25, 0.3) is 22.4 Å². The van der Waals surface area contributed by atoms with E-state index in [-0.39, 0.29) is 13.0 Å². The summed E-state index contributed by atoms with van der Waals surface area (Å²) in [5.41, 5.74) is 2.19. The summed E-state index contributed by atoms with van der Waals surface area (Å²) in [4.78, 5) is 11.3. The Balaban J connectivity index is 1.70. The lowest BCUT2D eigenvalue weighted by Crippen LogP contribution is -2.39. The number of halogens is 5. The van der Waals surface area contributed by atoms with E-state index >= 15 is 0 Å². The number of H-pyrrole nitrogens is 2. The van der Waals surface area contributed by atoms with E-state index in [2.05, 4.69) is 20.1 Å². The number of alkyl halides is 5. The summed E-state index contributed by atoms with van der Waals surface area (Å²) >= 11 is 0. The molecule has 5 nitrogen and oxygen atoms in total. The molecule has 0 aliphatic carbocycles. The van der Waals surface area contributed by atoms with Crippen molar-refractivity contribution in [3.63, 3.8) is 0 Å². The van der Waals surface area contributed by atoms with Gasteiger partial charge >= 0.3 is 18.4 Å². The molecule has 10 heteroatoms. The number of aryl methyl sites for hydroxylation is 1. The average molecular weight is 346 g/mol. The zero-order valence-electron chi connectivity index (χ0n) is 12.2. The molecule has 2 N–H and O–H groups in total. The lowest BCUT2D eigenvalue weighted by atomic mass is 10.2. The molecule has 2 heterocycles. The molecule has 0 atom stereocenters. The highest BCUT2D eigenvalue weighted by atomic mass is 19.4. The standard InChI is InChI=1S/C14H12F5N5/c15-13(16,14(17,18)19)5-2-6-24-8-22-12(23-24)9-3-1-4-10-11(9)21-7-20-10/h1,3-4,7-8H,2,5-6H2,(H,20,21,23)/p+1. The number of nitrogens with one attached hydrogen (secondary N) is 2. The Morgan fingerprint density at radius 1 is 1.08 bits per heavy atom. The molecule has 128 valence electrons. The van der Waals surface area contributed by atoms with Gasteiger partial charge in [0.05, 0.1) is 17.4 Å². The fourth-order valence-corrected chi connectivity index (χ4v) is 2.33. The number of benzene rings is 1. The molecular weight excluding hydrogens is 333 g/mol. The topological polar surface area (TPSA) is 61.2 Å². The van der Waals surface area contributed by atoms with Gasteiger partial charge in [-0.05, 0) is 23.5 Å². The first-order valence-electron chi connectivity index (χ1n) is 7.09. The van der Waals surface area contributed by atoms with Gasteiger partial charge in [-0.2, -0.15) is 31.7 Å². The van der Waals surface area contributed by atoms with E-state index in [9.17, 15) is 22.0 Å². The van der Waals surface area contributed by atoms with Gasteiger partial charge in [0, 0.05) is 6.42 Å². The largest absolute Gasteiger partial charge is 0.453 e. The summed E-state index contributed by atoms with van der Waals surface area (Å²) in [7, 11) is 0. The van der Waals surface area contributed by atoms with Crippen LogP contribution in [0.3, 0.4) is 0 Å². The van der Waals surface area contributed by atoms with Crippen LogP contribution < -0.4 is 4.68 Å². The molecule has 0 aliphatic rings. The number of hydrogen-bond acceptors (Lipinski definition) is 2. The number of para-hydroxylation sites is 1. The maximum Gasteiger partial charge on any atom is 0.453 e. The fourth-order valence-electron chi connectivity index (χ4n) is 2.33. The monoisotopic (exact) mass is 346 g/mol. The predicted molar refractivity (Wildman–Crippen MR) is 74.1 cm³/mol. The van der Waals surface area contributed by atoms with Crippen LogP contribution in [0.2, 0.25) is 0 Å². The van der Waals surface area contributed by atoms with Crippen LogP contribution in [0, 0.1) is 0 Å². The fraction of sp³-hybridized carbons (Fsp3) is 0.357. The van der Waals surface area contributed by atoms with Gasteiger partial charge in [0.1, 0.15) is 12.1 Å². The number of hydrogen-bond donors (Lipinski definition) is 2. The van der Waals surface area contributed by atoms with Gasteiger partial charge in [-0.15, -0.1) is 0 Å². The van der Waals surface area contributed by atoms with Gasteiger partial charge in [0.2, 0.25) is 0 Å². The molecule has 3 aromatic rings. The second-order valence-corrected chi connectivity index (χ2v) is 5.31. The highest BCUT2D eigenvalue weighted by Crippen LogP contribution is 2.38. The van der Waals surface area contributed by atoms with Crippen molar-refractivity contribution in [1.29, 1.82) is 0 Å². The smallest absolute Gasteiger partial charge is 0.345 e. The summed E-state index contributed by atoms with van der Waals surface area (Å²) in [6.07, 6.45) is -4.25. The van der Waals surface area contributed by atoms with Gasteiger partial charge in [-0.25, -0.2) is 4.98 Å². The second kappa shape index (κ2) is 5.84. The van der Waals surface area contributed by atoms with Gasteiger partial charge < -0.3 is 4.98 Å².